The number of benzene rings is 2. The Labute approximate surface area is 125 Å². The molecule has 3 aromatic rings. The molecule has 1 heterocycles. The van der Waals surface area contributed by atoms with Gasteiger partial charge in [0, 0.05) is 12.7 Å². The van der Waals surface area contributed by atoms with Gasteiger partial charge in [-0.05, 0) is 24.3 Å². The topological polar surface area (TPSA) is 55.6 Å². The molecule has 0 saturated carbocycles. The van der Waals surface area contributed by atoms with Gasteiger partial charge >= 0.3 is 6.08 Å². The number of likely N-dealkylation sites (N-methyl/N-ethyl adjacent to an activating group) is 1. The fourth-order valence-electron chi connectivity index (χ4n) is 1.97. The largest absolute Gasteiger partial charge is 0.440 e. The number of carbonyl (C=O) groups excluding carboxylic acids is 1. The van der Waals surface area contributed by atoms with E-state index in [1.807, 2.05) is 30.3 Å². The molecule has 2 aromatic carbocycles. The number of hydrogen-bond acceptors (Lipinski definition) is 4. The van der Waals surface area contributed by atoms with Crippen LogP contribution in [0.1, 0.15) is 0 Å². The van der Waals surface area contributed by atoms with Gasteiger partial charge in [0.05, 0.1) is 0 Å². The van der Waals surface area contributed by atoms with E-state index in [0.29, 0.717) is 5.52 Å². The van der Waals surface area contributed by atoms with Crippen molar-refractivity contribution >= 4 is 22.7 Å². The number of halogens is 1. The van der Waals surface area contributed by atoms with Crippen molar-refractivity contribution < 1.29 is 18.3 Å². The van der Waals surface area contributed by atoms with Gasteiger partial charge in [-0.3, -0.25) is 4.79 Å². The Bertz CT molecular complexity index is 802. The van der Waals surface area contributed by atoms with Gasteiger partial charge in [0.1, 0.15) is 5.52 Å². The zero-order valence-corrected chi connectivity index (χ0v) is 11.8. The lowest BCUT2D eigenvalue weighted by molar-refractivity contribution is -0.120. The van der Waals surface area contributed by atoms with Crippen molar-refractivity contribution in [2.45, 2.75) is 0 Å². The van der Waals surface area contributed by atoms with E-state index >= 15 is 0 Å². The minimum absolute atomic E-state index is 0.0152. The van der Waals surface area contributed by atoms with Crippen molar-refractivity contribution in [2.75, 3.05) is 18.6 Å². The number of oxazole rings is 1. The number of nitrogens with zero attached hydrogens (tertiary/aromatic N) is 2. The van der Waals surface area contributed by atoms with E-state index in [1.165, 1.54) is 17.0 Å². The Morgan fingerprint density at radius 1 is 1.23 bits per heavy atom. The molecule has 0 unspecified atom stereocenters. The van der Waals surface area contributed by atoms with Crippen molar-refractivity contribution in [1.82, 2.24) is 4.98 Å². The zero-order chi connectivity index (χ0) is 15.5. The summed E-state index contributed by atoms with van der Waals surface area (Å²) in [5.74, 6) is -0.790. The average molecular weight is 300 g/mol. The molecule has 1 amide bonds. The number of hydrogen-bond donors (Lipinski definition) is 0. The molecule has 3 rings (SSSR count). The highest BCUT2D eigenvalue weighted by atomic mass is 19.1. The zero-order valence-electron chi connectivity index (χ0n) is 11.8. The number of ether oxygens (including phenoxy) is 1. The van der Waals surface area contributed by atoms with Crippen LogP contribution in [0.2, 0.25) is 0 Å². The van der Waals surface area contributed by atoms with E-state index in [4.69, 9.17) is 9.15 Å². The summed E-state index contributed by atoms with van der Waals surface area (Å²) in [6.07, 6.45) is -0.130. The van der Waals surface area contributed by atoms with Crippen LogP contribution in [0.5, 0.6) is 6.08 Å². The molecular formula is C16H13FN2O3. The molecule has 5 nitrogen and oxygen atoms in total. The quantitative estimate of drug-likeness (QED) is 0.743. The van der Waals surface area contributed by atoms with Gasteiger partial charge < -0.3 is 14.1 Å². The Balaban J connectivity index is 1.68. The third kappa shape index (κ3) is 2.76. The first-order chi connectivity index (χ1) is 10.6. The van der Waals surface area contributed by atoms with Crippen LogP contribution in [0.15, 0.2) is 52.9 Å². The van der Waals surface area contributed by atoms with Crippen LogP contribution >= 0.6 is 0 Å². The van der Waals surface area contributed by atoms with E-state index in [0.717, 1.165) is 5.69 Å². The predicted octanol–water partition coefficient (Wildman–Crippen LogP) is 3.01. The highest BCUT2D eigenvalue weighted by molar-refractivity contribution is 5.93. The lowest BCUT2D eigenvalue weighted by Gasteiger charge is -2.16. The van der Waals surface area contributed by atoms with Crippen LogP contribution in [0, 0.1) is 5.82 Å². The Kier molecular flexibility index (Phi) is 3.74. The van der Waals surface area contributed by atoms with Gasteiger partial charge in [-0.2, -0.15) is 4.98 Å². The number of anilines is 1. The maximum atomic E-state index is 13.5. The summed E-state index contributed by atoms with van der Waals surface area (Å²) in [6.45, 7) is -0.250. The molecule has 6 heteroatoms. The average Bonchev–Trinajstić information content (AvgIpc) is 2.97. The number of amides is 1. The minimum atomic E-state index is -0.521. The molecule has 0 radical (unpaired) electrons. The van der Waals surface area contributed by atoms with Gasteiger partial charge in [-0.1, -0.05) is 24.3 Å². The molecule has 0 saturated heterocycles. The molecule has 0 aliphatic carbocycles. The van der Waals surface area contributed by atoms with E-state index in [2.05, 4.69) is 4.98 Å². The molecule has 1 aromatic heterocycles. The fourth-order valence-corrected chi connectivity index (χ4v) is 1.97. The monoisotopic (exact) mass is 300 g/mol. The second-order valence-electron chi connectivity index (χ2n) is 4.64. The second kappa shape index (κ2) is 5.85. The highest BCUT2D eigenvalue weighted by Crippen LogP contribution is 2.23. The summed E-state index contributed by atoms with van der Waals surface area (Å²) in [4.78, 5) is 17.5. The van der Waals surface area contributed by atoms with Gasteiger partial charge in [0.15, 0.2) is 18.0 Å². The number of carbonyl (C=O) groups is 1. The van der Waals surface area contributed by atoms with Crippen molar-refractivity contribution in [3.63, 3.8) is 0 Å². The first-order valence-corrected chi connectivity index (χ1v) is 6.64. The van der Waals surface area contributed by atoms with E-state index in [9.17, 15) is 9.18 Å². The highest BCUT2D eigenvalue weighted by Gasteiger charge is 2.15. The van der Waals surface area contributed by atoms with Crippen LogP contribution in [0.3, 0.4) is 0 Å². The lowest BCUT2D eigenvalue weighted by Crippen LogP contribution is -2.31. The van der Waals surface area contributed by atoms with Crippen LogP contribution in [-0.2, 0) is 4.79 Å². The maximum Gasteiger partial charge on any atom is 0.395 e. The summed E-state index contributed by atoms with van der Waals surface area (Å²) >= 11 is 0. The molecule has 0 spiro atoms. The first kappa shape index (κ1) is 14.1. The summed E-state index contributed by atoms with van der Waals surface area (Å²) < 4.78 is 23.9. The minimum Gasteiger partial charge on any atom is -0.440 e. The molecule has 0 bridgehead atoms. The Hall–Kier alpha value is -2.89. The fraction of sp³-hybridized carbons (Fsp3) is 0.125. The molecule has 0 N–H and O–H groups in total. The molecule has 0 aliphatic rings. The van der Waals surface area contributed by atoms with Crippen LogP contribution in [0.25, 0.3) is 11.1 Å². The molecule has 22 heavy (non-hydrogen) atoms. The van der Waals surface area contributed by atoms with Gasteiger partial charge in [-0.25, -0.2) is 4.39 Å². The van der Waals surface area contributed by atoms with Crippen LogP contribution in [0.4, 0.5) is 10.1 Å². The summed E-state index contributed by atoms with van der Waals surface area (Å²) in [7, 11) is 1.65. The summed E-state index contributed by atoms with van der Waals surface area (Å²) in [5.41, 5.74) is 1.11. The number of aromatic nitrogens is 1. The number of fused-ring (bicyclic) bond motifs is 1. The second-order valence-corrected chi connectivity index (χ2v) is 4.64. The molecule has 0 atom stereocenters. The van der Waals surface area contributed by atoms with Gasteiger partial charge in [0.2, 0.25) is 0 Å². The Morgan fingerprint density at radius 2 is 2.00 bits per heavy atom. The smallest absolute Gasteiger partial charge is 0.395 e. The third-order valence-electron chi connectivity index (χ3n) is 3.18. The maximum absolute atomic E-state index is 13.5. The van der Waals surface area contributed by atoms with E-state index in [1.54, 1.807) is 13.1 Å². The van der Waals surface area contributed by atoms with Gasteiger partial charge in [-0.15, -0.1) is 0 Å². The van der Waals surface area contributed by atoms with Crippen molar-refractivity contribution in [3.8, 4) is 6.08 Å². The Morgan fingerprint density at radius 3 is 2.73 bits per heavy atom. The third-order valence-corrected chi connectivity index (χ3v) is 3.18. The summed E-state index contributed by atoms with van der Waals surface area (Å²) in [6, 6.07) is 13.6. The molecule has 0 aliphatic heterocycles. The van der Waals surface area contributed by atoms with E-state index < -0.39 is 5.82 Å². The van der Waals surface area contributed by atoms with Crippen molar-refractivity contribution in [1.29, 1.82) is 0 Å². The normalized spacial score (nSPS) is 10.6. The SMILES string of the molecule is CN(C(=O)COc1nc2cccc(F)c2o1)c1ccccc1. The number of rotatable bonds is 4. The molecule has 0 fully saturated rings. The molecule has 112 valence electrons. The van der Waals surface area contributed by atoms with Gasteiger partial charge in [0.25, 0.3) is 5.91 Å². The first-order valence-electron chi connectivity index (χ1n) is 6.64. The van der Waals surface area contributed by atoms with Crippen LogP contribution < -0.4 is 9.64 Å². The molecular weight excluding hydrogens is 287 g/mol. The van der Waals surface area contributed by atoms with E-state index in [-0.39, 0.29) is 24.2 Å². The lowest BCUT2D eigenvalue weighted by atomic mass is 10.3. The van der Waals surface area contributed by atoms with Crippen LogP contribution in [-0.4, -0.2) is 24.5 Å². The van der Waals surface area contributed by atoms with Crippen molar-refractivity contribution in [2.24, 2.45) is 0 Å². The summed E-state index contributed by atoms with van der Waals surface area (Å²) in [5, 5.41) is 0. The number of para-hydroxylation sites is 2. The standard InChI is InChI=1S/C16H13FN2O3/c1-19(11-6-3-2-4-7-11)14(20)10-21-16-18-13-9-5-8-12(17)15(13)22-16/h2-9H,10H2,1H3. The van der Waals surface area contributed by atoms with Crippen molar-refractivity contribution in [3.05, 3.63) is 54.3 Å². The predicted molar refractivity (Wildman–Crippen MR) is 79.3 cm³/mol.